The Kier molecular flexibility index (Phi) is 6.03. The quantitative estimate of drug-likeness (QED) is 0.457. The molecule has 2 aromatic heterocycles. The van der Waals surface area contributed by atoms with Gasteiger partial charge in [-0.05, 0) is 37.6 Å². The number of hydrogen-bond donors (Lipinski definition) is 1. The Labute approximate surface area is 189 Å². The van der Waals surface area contributed by atoms with Gasteiger partial charge in [-0.3, -0.25) is 24.2 Å². The number of para-hydroxylation sites is 2. The third-order valence-corrected chi connectivity index (χ3v) is 5.43. The first kappa shape index (κ1) is 21.9. The van der Waals surface area contributed by atoms with Gasteiger partial charge in [-0.25, -0.2) is 9.48 Å². The van der Waals surface area contributed by atoms with Crippen molar-refractivity contribution in [2.24, 2.45) is 7.05 Å². The van der Waals surface area contributed by atoms with Crippen LogP contribution >= 0.6 is 0 Å². The number of anilines is 1. The largest absolute Gasteiger partial charge is 0.449 e. The number of benzene rings is 2. The van der Waals surface area contributed by atoms with Crippen LogP contribution in [0.2, 0.25) is 0 Å². The molecule has 0 radical (unpaired) electrons. The number of nitrogens with zero attached hydrogens (tertiary/aromatic N) is 4. The topological polar surface area (TPSA) is 108 Å². The van der Waals surface area contributed by atoms with E-state index in [2.05, 4.69) is 15.3 Å². The van der Waals surface area contributed by atoms with Gasteiger partial charge < -0.3 is 10.1 Å². The van der Waals surface area contributed by atoms with Gasteiger partial charge in [0.15, 0.2) is 6.10 Å². The number of carbonyl (C=O) groups excluding carboxylic acids is 2. The Morgan fingerprint density at radius 2 is 1.79 bits per heavy atom. The minimum atomic E-state index is -1.09. The van der Waals surface area contributed by atoms with Gasteiger partial charge in [0.1, 0.15) is 11.2 Å². The van der Waals surface area contributed by atoms with E-state index in [0.717, 1.165) is 0 Å². The average Bonchev–Trinajstić information content (AvgIpc) is 3.05. The number of amides is 1. The average molecular weight is 445 g/mol. The van der Waals surface area contributed by atoms with Gasteiger partial charge in [-0.2, -0.15) is 0 Å². The van der Waals surface area contributed by atoms with Crippen LogP contribution in [0, 0.1) is 6.92 Å². The summed E-state index contributed by atoms with van der Waals surface area (Å²) in [5.74, 6) is -1.27. The van der Waals surface area contributed by atoms with Gasteiger partial charge in [0.05, 0.1) is 22.5 Å². The highest BCUT2D eigenvalue weighted by Crippen LogP contribution is 2.18. The fourth-order valence-electron chi connectivity index (χ4n) is 3.59. The fourth-order valence-corrected chi connectivity index (χ4v) is 3.59. The molecule has 9 heteroatoms. The highest BCUT2D eigenvalue weighted by molar-refractivity contribution is 6.03. The minimum Gasteiger partial charge on any atom is -0.449 e. The summed E-state index contributed by atoms with van der Waals surface area (Å²) in [5, 5.41) is 2.66. The molecule has 168 valence electrons. The van der Waals surface area contributed by atoms with Crippen molar-refractivity contribution >= 4 is 28.6 Å². The number of esters is 1. The molecule has 0 saturated heterocycles. The van der Waals surface area contributed by atoms with Crippen molar-refractivity contribution in [3.05, 3.63) is 82.5 Å². The summed E-state index contributed by atoms with van der Waals surface area (Å²) in [6, 6.07) is 14.1. The third kappa shape index (κ3) is 4.12. The van der Waals surface area contributed by atoms with Crippen molar-refractivity contribution in [1.29, 1.82) is 0 Å². The molecule has 0 spiro atoms. The van der Waals surface area contributed by atoms with E-state index >= 15 is 0 Å². The predicted octanol–water partition coefficient (Wildman–Crippen LogP) is 3.00. The van der Waals surface area contributed by atoms with Gasteiger partial charge in [0.2, 0.25) is 0 Å². The SMILES string of the molecule is CCC(OC(=O)c1cccc2nccnc12)C(=O)Nc1c(C)n(C)n(-c2ccccc2)c1=O. The van der Waals surface area contributed by atoms with Crippen LogP contribution in [0.4, 0.5) is 5.69 Å². The zero-order valence-electron chi connectivity index (χ0n) is 18.5. The molecular formula is C24H23N5O4. The Hall–Kier alpha value is -4.27. The Morgan fingerprint density at radius 3 is 2.52 bits per heavy atom. The van der Waals surface area contributed by atoms with E-state index in [1.165, 1.54) is 17.1 Å². The molecule has 33 heavy (non-hydrogen) atoms. The van der Waals surface area contributed by atoms with Gasteiger partial charge >= 0.3 is 5.97 Å². The van der Waals surface area contributed by atoms with E-state index in [1.54, 1.807) is 55.9 Å². The maximum Gasteiger partial charge on any atom is 0.341 e. The summed E-state index contributed by atoms with van der Waals surface area (Å²) in [7, 11) is 1.73. The molecule has 0 saturated carbocycles. The summed E-state index contributed by atoms with van der Waals surface area (Å²) in [5.41, 5.74) is 2.16. The summed E-state index contributed by atoms with van der Waals surface area (Å²) in [6.45, 7) is 3.46. The van der Waals surface area contributed by atoms with Crippen LogP contribution in [0.1, 0.15) is 29.4 Å². The maximum absolute atomic E-state index is 13.1. The molecule has 0 aliphatic rings. The van der Waals surface area contributed by atoms with Crippen molar-refractivity contribution in [2.75, 3.05) is 5.32 Å². The van der Waals surface area contributed by atoms with Crippen LogP contribution in [0.3, 0.4) is 0 Å². The van der Waals surface area contributed by atoms with E-state index in [0.29, 0.717) is 22.4 Å². The van der Waals surface area contributed by atoms with Gasteiger partial charge in [0.25, 0.3) is 11.5 Å². The number of hydrogen-bond acceptors (Lipinski definition) is 6. The van der Waals surface area contributed by atoms with E-state index in [9.17, 15) is 14.4 Å². The van der Waals surface area contributed by atoms with E-state index in [4.69, 9.17) is 4.74 Å². The van der Waals surface area contributed by atoms with Gasteiger partial charge in [-0.15, -0.1) is 0 Å². The Bertz CT molecular complexity index is 1390. The molecule has 1 atom stereocenters. The summed E-state index contributed by atoms with van der Waals surface area (Å²) in [4.78, 5) is 47.2. The van der Waals surface area contributed by atoms with E-state index in [1.807, 2.05) is 18.2 Å². The molecule has 2 heterocycles. The first-order valence-electron chi connectivity index (χ1n) is 10.5. The van der Waals surface area contributed by atoms with Crippen molar-refractivity contribution in [3.8, 4) is 5.69 Å². The number of nitrogens with one attached hydrogen (secondary N) is 1. The molecule has 4 rings (SSSR count). The maximum atomic E-state index is 13.1. The molecule has 1 N–H and O–H groups in total. The first-order chi connectivity index (χ1) is 15.9. The van der Waals surface area contributed by atoms with Crippen LogP contribution in [0.5, 0.6) is 0 Å². The zero-order chi connectivity index (χ0) is 23.5. The lowest BCUT2D eigenvalue weighted by Gasteiger charge is -2.16. The van der Waals surface area contributed by atoms with Crippen LogP contribution in [0.25, 0.3) is 16.7 Å². The monoisotopic (exact) mass is 445 g/mol. The second-order valence-electron chi connectivity index (χ2n) is 7.46. The minimum absolute atomic E-state index is 0.136. The number of carbonyl (C=O) groups is 2. The number of fused-ring (bicyclic) bond motifs is 1. The molecule has 1 amide bonds. The third-order valence-electron chi connectivity index (χ3n) is 5.43. The predicted molar refractivity (Wildman–Crippen MR) is 123 cm³/mol. The smallest absolute Gasteiger partial charge is 0.341 e. The summed E-state index contributed by atoms with van der Waals surface area (Å²) >= 11 is 0. The van der Waals surface area contributed by atoms with Crippen LogP contribution in [-0.2, 0) is 16.6 Å². The van der Waals surface area contributed by atoms with Crippen LogP contribution in [-0.4, -0.2) is 37.3 Å². The molecule has 0 aliphatic heterocycles. The highest BCUT2D eigenvalue weighted by atomic mass is 16.5. The molecule has 4 aromatic rings. The fraction of sp³-hybridized carbons (Fsp3) is 0.208. The molecule has 0 fully saturated rings. The molecule has 1 unspecified atom stereocenters. The van der Waals surface area contributed by atoms with E-state index in [-0.39, 0.29) is 23.2 Å². The number of ether oxygens (including phenoxy) is 1. The Balaban J connectivity index is 1.58. The van der Waals surface area contributed by atoms with Crippen molar-refractivity contribution in [2.45, 2.75) is 26.4 Å². The zero-order valence-corrected chi connectivity index (χ0v) is 18.5. The highest BCUT2D eigenvalue weighted by Gasteiger charge is 2.26. The van der Waals surface area contributed by atoms with Gasteiger partial charge in [0, 0.05) is 19.4 Å². The normalized spacial score (nSPS) is 11.8. The summed E-state index contributed by atoms with van der Waals surface area (Å²) < 4.78 is 8.62. The molecule has 0 aliphatic carbocycles. The van der Waals surface area contributed by atoms with Gasteiger partial charge in [-0.1, -0.05) is 31.2 Å². The van der Waals surface area contributed by atoms with E-state index < -0.39 is 18.0 Å². The van der Waals surface area contributed by atoms with Crippen molar-refractivity contribution < 1.29 is 14.3 Å². The lowest BCUT2D eigenvalue weighted by Crippen LogP contribution is -2.34. The number of rotatable bonds is 6. The van der Waals surface area contributed by atoms with Crippen LogP contribution < -0.4 is 10.9 Å². The van der Waals surface area contributed by atoms with Crippen LogP contribution in [0.15, 0.2) is 65.7 Å². The second-order valence-corrected chi connectivity index (χ2v) is 7.46. The number of aromatic nitrogens is 4. The summed E-state index contributed by atoms with van der Waals surface area (Å²) in [6.07, 6.45) is 2.16. The molecule has 0 bridgehead atoms. The Morgan fingerprint density at radius 1 is 1.06 bits per heavy atom. The molecule has 2 aromatic carbocycles. The standard InChI is InChI=1S/C24H23N5O4/c1-4-19(33-24(32)17-11-8-12-18-21(17)26-14-13-25-18)22(30)27-20-15(2)28(3)29(23(20)31)16-9-6-5-7-10-16/h5-14,19H,4H2,1-3H3,(H,27,30). The first-order valence-corrected chi connectivity index (χ1v) is 10.5. The van der Waals surface area contributed by atoms with Crippen molar-refractivity contribution in [1.82, 2.24) is 19.3 Å². The van der Waals surface area contributed by atoms with Crippen molar-refractivity contribution in [3.63, 3.8) is 0 Å². The molecular weight excluding hydrogens is 422 g/mol. The second kappa shape index (κ2) is 9.07. The lowest BCUT2D eigenvalue weighted by molar-refractivity contribution is -0.124. The molecule has 9 nitrogen and oxygen atoms in total. The lowest BCUT2D eigenvalue weighted by atomic mass is 10.1.